The maximum absolute atomic E-state index is 5.74. The maximum atomic E-state index is 5.74. The molecular formula is C24H41N3O4. The van der Waals surface area contributed by atoms with Crippen molar-refractivity contribution in [3.05, 3.63) is 24.3 Å². The molecule has 0 spiro atoms. The smallest absolute Gasteiger partial charge is 0.195 e. The van der Waals surface area contributed by atoms with Gasteiger partial charge in [-0.2, -0.15) is 0 Å². The second kappa shape index (κ2) is 15.9. The van der Waals surface area contributed by atoms with E-state index in [0.29, 0.717) is 19.8 Å². The van der Waals surface area contributed by atoms with Gasteiger partial charge in [0.05, 0.1) is 18.8 Å². The van der Waals surface area contributed by atoms with Gasteiger partial charge in [0.2, 0.25) is 0 Å². The van der Waals surface area contributed by atoms with Crippen molar-refractivity contribution in [2.24, 2.45) is 4.99 Å². The zero-order chi connectivity index (χ0) is 22.2. The van der Waals surface area contributed by atoms with Crippen molar-refractivity contribution in [1.82, 2.24) is 5.32 Å². The molecule has 7 heteroatoms. The van der Waals surface area contributed by atoms with Gasteiger partial charge in [0.1, 0.15) is 5.75 Å². The van der Waals surface area contributed by atoms with Gasteiger partial charge < -0.3 is 29.6 Å². The first-order valence-corrected chi connectivity index (χ1v) is 11.7. The molecule has 0 saturated carbocycles. The first-order chi connectivity index (χ1) is 15.2. The number of hydrogen-bond acceptors (Lipinski definition) is 5. The fraction of sp³-hybridized carbons (Fsp3) is 0.708. The van der Waals surface area contributed by atoms with Crippen LogP contribution in [-0.2, 0) is 14.2 Å². The van der Waals surface area contributed by atoms with Crippen LogP contribution in [0.4, 0.5) is 5.69 Å². The highest BCUT2D eigenvalue weighted by Gasteiger charge is 2.14. The summed E-state index contributed by atoms with van der Waals surface area (Å²) in [5.74, 6) is 1.66. The standard InChI is InChI=1S/C24H41N3O4/c1-20(2)31-22-12-10-21(11-13-22)27-24(25-14-5-4-6-16-28-3)26-15-8-17-29-19-23-9-7-18-30-23/h10-13,20,23H,4-9,14-19H2,1-3H3,(H2,25,26,27). The molecule has 0 bridgehead atoms. The summed E-state index contributed by atoms with van der Waals surface area (Å²) in [5.41, 5.74) is 0.983. The maximum Gasteiger partial charge on any atom is 0.195 e. The predicted octanol–water partition coefficient (Wildman–Crippen LogP) is 4.23. The molecule has 1 atom stereocenters. The Morgan fingerprint density at radius 3 is 2.68 bits per heavy atom. The highest BCUT2D eigenvalue weighted by molar-refractivity contribution is 5.93. The lowest BCUT2D eigenvalue weighted by Crippen LogP contribution is -2.32. The number of hydrogen-bond donors (Lipinski definition) is 2. The van der Waals surface area contributed by atoms with Crippen LogP contribution in [0.25, 0.3) is 0 Å². The molecule has 0 aliphatic carbocycles. The molecule has 0 radical (unpaired) electrons. The minimum atomic E-state index is 0.165. The fourth-order valence-corrected chi connectivity index (χ4v) is 3.27. The average Bonchev–Trinajstić information content (AvgIpc) is 3.27. The van der Waals surface area contributed by atoms with Gasteiger partial charge in [0, 0.05) is 45.7 Å². The van der Waals surface area contributed by atoms with Crippen molar-refractivity contribution in [3.8, 4) is 5.75 Å². The number of unbranched alkanes of at least 4 members (excludes halogenated alkanes) is 2. The van der Waals surface area contributed by atoms with Crippen LogP contribution in [0.15, 0.2) is 29.3 Å². The third-order valence-electron chi connectivity index (χ3n) is 4.85. The Labute approximate surface area is 187 Å². The molecule has 1 saturated heterocycles. The normalized spacial score (nSPS) is 16.6. The molecular weight excluding hydrogens is 394 g/mol. The van der Waals surface area contributed by atoms with Crippen LogP contribution in [0.2, 0.25) is 0 Å². The number of guanidine groups is 1. The molecule has 1 aromatic rings. The number of benzene rings is 1. The minimum Gasteiger partial charge on any atom is -0.491 e. The number of rotatable bonds is 15. The van der Waals surface area contributed by atoms with Crippen LogP contribution in [0.3, 0.4) is 0 Å². The zero-order valence-corrected chi connectivity index (χ0v) is 19.5. The average molecular weight is 436 g/mol. The molecule has 0 aromatic heterocycles. The molecule has 0 amide bonds. The molecule has 1 fully saturated rings. The van der Waals surface area contributed by atoms with Crippen LogP contribution in [0.5, 0.6) is 5.75 Å². The lowest BCUT2D eigenvalue weighted by atomic mass is 10.2. The van der Waals surface area contributed by atoms with Gasteiger partial charge in [-0.3, -0.25) is 4.99 Å². The van der Waals surface area contributed by atoms with Crippen LogP contribution in [0.1, 0.15) is 52.4 Å². The molecule has 7 nitrogen and oxygen atoms in total. The number of ether oxygens (including phenoxy) is 4. The van der Waals surface area contributed by atoms with Crippen molar-refractivity contribution in [1.29, 1.82) is 0 Å². The van der Waals surface area contributed by atoms with E-state index in [1.807, 2.05) is 38.1 Å². The Balaban J connectivity index is 1.76. The second-order valence-electron chi connectivity index (χ2n) is 8.09. The molecule has 2 N–H and O–H groups in total. The van der Waals surface area contributed by atoms with Crippen LogP contribution in [0, 0.1) is 0 Å². The highest BCUT2D eigenvalue weighted by atomic mass is 16.5. The van der Waals surface area contributed by atoms with Crippen molar-refractivity contribution < 1.29 is 18.9 Å². The third kappa shape index (κ3) is 12.0. The summed E-state index contributed by atoms with van der Waals surface area (Å²) in [6, 6.07) is 7.98. The topological polar surface area (TPSA) is 73.3 Å². The summed E-state index contributed by atoms with van der Waals surface area (Å²) in [6.07, 6.45) is 6.88. The molecule has 1 unspecified atom stereocenters. The second-order valence-corrected chi connectivity index (χ2v) is 8.09. The van der Waals surface area contributed by atoms with E-state index in [1.165, 1.54) is 0 Å². The Morgan fingerprint density at radius 1 is 1.13 bits per heavy atom. The molecule has 1 aliphatic rings. The van der Waals surface area contributed by atoms with E-state index in [4.69, 9.17) is 23.9 Å². The van der Waals surface area contributed by atoms with E-state index in [0.717, 1.165) is 75.7 Å². The van der Waals surface area contributed by atoms with Crippen molar-refractivity contribution >= 4 is 11.6 Å². The van der Waals surface area contributed by atoms with E-state index in [1.54, 1.807) is 7.11 Å². The van der Waals surface area contributed by atoms with Gasteiger partial charge >= 0.3 is 0 Å². The molecule has 2 rings (SSSR count). The van der Waals surface area contributed by atoms with E-state index >= 15 is 0 Å². The molecule has 1 aliphatic heterocycles. The summed E-state index contributed by atoms with van der Waals surface area (Å²) >= 11 is 0. The van der Waals surface area contributed by atoms with Crippen molar-refractivity contribution in [2.45, 2.75) is 64.6 Å². The summed E-state index contributed by atoms with van der Waals surface area (Å²) in [7, 11) is 1.74. The van der Waals surface area contributed by atoms with Gasteiger partial charge in [-0.25, -0.2) is 0 Å². The van der Waals surface area contributed by atoms with Crippen LogP contribution < -0.4 is 15.4 Å². The first-order valence-electron chi connectivity index (χ1n) is 11.7. The van der Waals surface area contributed by atoms with Gasteiger partial charge in [0.15, 0.2) is 5.96 Å². The van der Waals surface area contributed by atoms with E-state index < -0.39 is 0 Å². The number of nitrogens with zero attached hydrogens (tertiary/aromatic N) is 1. The number of anilines is 1. The van der Waals surface area contributed by atoms with Crippen molar-refractivity contribution in [2.75, 3.05) is 51.9 Å². The predicted molar refractivity (Wildman–Crippen MR) is 126 cm³/mol. The summed E-state index contributed by atoms with van der Waals surface area (Å²) < 4.78 is 22.2. The monoisotopic (exact) mass is 435 g/mol. The van der Waals surface area contributed by atoms with E-state index in [2.05, 4.69) is 10.6 Å². The molecule has 1 aromatic carbocycles. The number of methoxy groups -OCH3 is 1. The third-order valence-corrected chi connectivity index (χ3v) is 4.85. The minimum absolute atomic E-state index is 0.165. The van der Waals surface area contributed by atoms with Gasteiger partial charge in [-0.15, -0.1) is 0 Å². The lowest BCUT2D eigenvalue weighted by molar-refractivity contribution is 0.0171. The quantitative estimate of drug-likeness (QED) is 0.244. The fourth-order valence-electron chi connectivity index (χ4n) is 3.27. The SMILES string of the molecule is COCCCCCNC(=NCCCOCC1CCCO1)Nc1ccc(OC(C)C)cc1. The Morgan fingerprint density at radius 2 is 1.97 bits per heavy atom. The summed E-state index contributed by atoms with van der Waals surface area (Å²) in [5, 5.41) is 6.83. The van der Waals surface area contributed by atoms with Crippen LogP contribution in [-0.4, -0.2) is 64.8 Å². The Kier molecular flexibility index (Phi) is 13.0. The molecule has 1 heterocycles. The van der Waals surface area contributed by atoms with Crippen molar-refractivity contribution in [3.63, 3.8) is 0 Å². The van der Waals surface area contributed by atoms with Gasteiger partial charge in [-0.05, 0) is 76.6 Å². The highest BCUT2D eigenvalue weighted by Crippen LogP contribution is 2.17. The van der Waals surface area contributed by atoms with Gasteiger partial charge in [0.25, 0.3) is 0 Å². The Hall–Kier alpha value is -1.83. The largest absolute Gasteiger partial charge is 0.491 e. The summed E-state index contributed by atoms with van der Waals surface area (Å²) in [4.78, 5) is 4.72. The van der Waals surface area contributed by atoms with Gasteiger partial charge in [-0.1, -0.05) is 0 Å². The molecule has 31 heavy (non-hydrogen) atoms. The molecule has 176 valence electrons. The number of aliphatic imine (C=N–C) groups is 1. The van der Waals surface area contributed by atoms with E-state index in [9.17, 15) is 0 Å². The van der Waals surface area contributed by atoms with E-state index in [-0.39, 0.29) is 12.2 Å². The first kappa shape index (κ1) is 25.4. The lowest BCUT2D eigenvalue weighted by Gasteiger charge is -2.14. The number of nitrogens with one attached hydrogen (secondary N) is 2. The van der Waals surface area contributed by atoms with Crippen LogP contribution >= 0.6 is 0 Å². The summed E-state index contributed by atoms with van der Waals surface area (Å²) in [6.45, 7) is 8.72. The Bertz CT molecular complexity index is 601. The zero-order valence-electron chi connectivity index (χ0n) is 19.5.